The summed E-state index contributed by atoms with van der Waals surface area (Å²) >= 11 is 0. The van der Waals surface area contributed by atoms with Crippen LogP contribution in [0.1, 0.15) is 40.7 Å². The molecule has 1 saturated heterocycles. The standard InChI is InChI=1S/C25H29N3O6/c1-14-8-15(2)10-17(9-14)27-25(32)26-16-4-7-21-19(11-16)24(31)28(3)20-6-5-18(12-23(29)30)34-22(20)13-33-21/h4,7-11,18,20,22H,5-6,12-13H2,1-3H3,(H,29,30)(H2,26,27,32)/t18-,20-,22+/m0/s1. The molecule has 0 bridgehead atoms. The Balaban J connectivity index is 1.48. The van der Waals surface area contributed by atoms with Crippen LogP contribution in [-0.2, 0) is 9.53 Å². The van der Waals surface area contributed by atoms with Gasteiger partial charge in [-0.3, -0.25) is 9.59 Å². The smallest absolute Gasteiger partial charge is 0.323 e. The molecule has 0 aliphatic carbocycles. The second-order valence-electron chi connectivity index (χ2n) is 8.93. The average Bonchev–Trinajstić information content (AvgIpc) is 2.75. The van der Waals surface area contributed by atoms with Crippen molar-refractivity contribution >= 4 is 29.3 Å². The van der Waals surface area contributed by atoms with Crippen LogP contribution in [0.2, 0.25) is 0 Å². The van der Waals surface area contributed by atoms with Gasteiger partial charge in [-0.05, 0) is 68.1 Å². The van der Waals surface area contributed by atoms with Crippen molar-refractivity contribution in [2.24, 2.45) is 0 Å². The molecule has 2 aliphatic rings. The van der Waals surface area contributed by atoms with Gasteiger partial charge in [-0.15, -0.1) is 0 Å². The number of ether oxygens (including phenoxy) is 2. The van der Waals surface area contributed by atoms with E-state index in [0.29, 0.717) is 35.5 Å². The predicted molar refractivity (Wildman–Crippen MR) is 127 cm³/mol. The minimum atomic E-state index is -0.911. The predicted octanol–water partition coefficient (Wildman–Crippen LogP) is 3.80. The maximum Gasteiger partial charge on any atom is 0.323 e. The summed E-state index contributed by atoms with van der Waals surface area (Å²) in [5, 5.41) is 14.7. The van der Waals surface area contributed by atoms with E-state index in [2.05, 4.69) is 10.6 Å². The molecular weight excluding hydrogens is 438 g/mol. The third-order valence-corrected chi connectivity index (χ3v) is 6.15. The fourth-order valence-electron chi connectivity index (χ4n) is 4.64. The molecule has 2 aromatic rings. The molecule has 180 valence electrons. The summed E-state index contributed by atoms with van der Waals surface area (Å²) in [5.74, 6) is -0.769. The van der Waals surface area contributed by atoms with Crippen LogP contribution in [0.3, 0.4) is 0 Å². The summed E-state index contributed by atoms with van der Waals surface area (Å²) in [6, 6.07) is 10.1. The van der Waals surface area contributed by atoms with E-state index in [4.69, 9.17) is 14.6 Å². The first-order chi connectivity index (χ1) is 16.2. The first-order valence-electron chi connectivity index (χ1n) is 11.3. The zero-order valence-corrected chi connectivity index (χ0v) is 19.5. The number of carboxylic acids is 1. The van der Waals surface area contributed by atoms with Crippen molar-refractivity contribution in [1.29, 1.82) is 0 Å². The van der Waals surface area contributed by atoms with Crippen molar-refractivity contribution in [2.75, 3.05) is 24.3 Å². The third-order valence-electron chi connectivity index (χ3n) is 6.15. The number of nitrogens with one attached hydrogen (secondary N) is 2. The van der Waals surface area contributed by atoms with Crippen molar-refractivity contribution < 1.29 is 29.0 Å². The summed E-state index contributed by atoms with van der Waals surface area (Å²) in [7, 11) is 1.71. The Labute approximate surface area is 198 Å². The number of rotatable bonds is 4. The van der Waals surface area contributed by atoms with Crippen molar-refractivity contribution in [3.05, 3.63) is 53.1 Å². The number of carboxylic acid groups (broad SMARTS) is 1. The largest absolute Gasteiger partial charge is 0.490 e. The normalized spacial score (nSPS) is 21.9. The van der Waals surface area contributed by atoms with E-state index in [1.807, 2.05) is 32.0 Å². The molecule has 0 spiro atoms. The fraction of sp³-hybridized carbons (Fsp3) is 0.400. The van der Waals surface area contributed by atoms with E-state index in [0.717, 1.165) is 11.1 Å². The number of hydrogen-bond acceptors (Lipinski definition) is 5. The van der Waals surface area contributed by atoms with Gasteiger partial charge in [0.15, 0.2) is 0 Å². The van der Waals surface area contributed by atoms with Crippen LogP contribution in [0.25, 0.3) is 0 Å². The van der Waals surface area contributed by atoms with Crippen LogP contribution in [0.5, 0.6) is 5.75 Å². The maximum absolute atomic E-state index is 13.3. The first-order valence-corrected chi connectivity index (χ1v) is 11.3. The summed E-state index contributed by atoms with van der Waals surface area (Å²) in [6.45, 7) is 4.12. The minimum Gasteiger partial charge on any atom is -0.490 e. The van der Waals surface area contributed by atoms with Crippen molar-refractivity contribution in [1.82, 2.24) is 4.90 Å². The Bertz CT molecular complexity index is 1100. The molecule has 3 amide bonds. The molecule has 4 rings (SSSR count). The summed E-state index contributed by atoms with van der Waals surface area (Å²) in [4.78, 5) is 38.5. The van der Waals surface area contributed by atoms with Crippen molar-refractivity contribution in [3.8, 4) is 5.75 Å². The van der Waals surface area contributed by atoms with Crippen molar-refractivity contribution in [3.63, 3.8) is 0 Å². The zero-order valence-electron chi connectivity index (χ0n) is 19.5. The highest BCUT2D eigenvalue weighted by Gasteiger charge is 2.39. The summed E-state index contributed by atoms with van der Waals surface area (Å²) in [6.07, 6.45) is 0.294. The molecule has 9 nitrogen and oxygen atoms in total. The molecule has 3 atom stereocenters. The van der Waals surface area contributed by atoms with Crippen LogP contribution < -0.4 is 15.4 Å². The fourth-order valence-corrected chi connectivity index (χ4v) is 4.64. The second-order valence-corrected chi connectivity index (χ2v) is 8.93. The zero-order chi connectivity index (χ0) is 24.4. The van der Waals surface area contributed by atoms with Gasteiger partial charge in [-0.1, -0.05) is 6.07 Å². The van der Waals surface area contributed by atoms with Crippen LogP contribution >= 0.6 is 0 Å². The van der Waals surface area contributed by atoms with Crippen LogP contribution in [0, 0.1) is 13.8 Å². The molecule has 0 saturated carbocycles. The van der Waals surface area contributed by atoms with E-state index >= 15 is 0 Å². The van der Waals surface area contributed by atoms with Gasteiger partial charge >= 0.3 is 12.0 Å². The number of benzene rings is 2. The number of fused-ring (bicyclic) bond motifs is 2. The molecule has 1 fully saturated rings. The number of hydrogen-bond donors (Lipinski definition) is 3. The molecule has 2 aliphatic heterocycles. The lowest BCUT2D eigenvalue weighted by atomic mass is 9.94. The summed E-state index contributed by atoms with van der Waals surface area (Å²) < 4.78 is 11.9. The average molecular weight is 468 g/mol. The van der Waals surface area contributed by atoms with Crippen LogP contribution in [0.15, 0.2) is 36.4 Å². The van der Waals surface area contributed by atoms with Gasteiger partial charge in [-0.25, -0.2) is 4.79 Å². The second kappa shape index (κ2) is 9.72. The van der Waals surface area contributed by atoms with Gasteiger partial charge in [0.05, 0.1) is 24.1 Å². The number of likely N-dealkylation sites (N-methyl/N-ethyl adjacent to an activating group) is 1. The molecule has 2 heterocycles. The highest BCUT2D eigenvalue weighted by molar-refractivity contribution is 6.02. The number of aliphatic carboxylic acids is 1. The highest BCUT2D eigenvalue weighted by Crippen LogP contribution is 2.32. The number of carbonyl (C=O) groups is 3. The summed E-state index contributed by atoms with van der Waals surface area (Å²) in [5.41, 5.74) is 3.58. The van der Waals surface area contributed by atoms with E-state index in [9.17, 15) is 14.4 Å². The lowest BCUT2D eigenvalue weighted by Crippen LogP contribution is -2.53. The van der Waals surface area contributed by atoms with Gasteiger partial charge < -0.3 is 30.1 Å². The SMILES string of the molecule is Cc1cc(C)cc(NC(=O)Nc2ccc3c(c2)C(=O)N(C)[C@H]2CC[C@@H](CC(=O)O)O[C@@H]2CO3)c1. The lowest BCUT2D eigenvalue weighted by molar-refractivity contribution is -0.148. The maximum atomic E-state index is 13.3. The minimum absolute atomic E-state index is 0.0727. The van der Waals surface area contributed by atoms with E-state index < -0.39 is 24.2 Å². The molecule has 0 radical (unpaired) electrons. The van der Waals surface area contributed by atoms with E-state index in [-0.39, 0.29) is 25.0 Å². The Kier molecular flexibility index (Phi) is 6.74. The lowest BCUT2D eigenvalue weighted by Gasteiger charge is -2.42. The monoisotopic (exact) mass is 467 g/mol. The van der Waals surface area contributed by atoms with Gasteiger partial charge in [0.1, 0.15) is 18.5 Å². The number of urea groups is 1. The highest BCUT2D eigenvalue weighted by atomic mass is 16.5. The number of carbonyl (C=O) groups excluding carboxylic acids is 2. The Morgan fingerprint density at radius 3 is 2.47 bits per heavy atom. The molecule has 3 N–H and O–H groups in total. The topological polar surface area (TPSA) is 117 Å². The molecule has 9 heteroatoms. The molecule has 34 heavy (non-hydrogen) atoms. The number of amides is 3. The number of nitrogens with zero attached hydrogens (tertiary/aromatic N) is 1. The van der Waals surface area contributed by atoms with Crippen LogP contribution in [-0.4, -0.2) is 59.8 Å². The van der Waals surface area contributed by atoms with Gasteiger partial charge in [0, 0.05) is 18.4 Å². The first kappa shape index (κ1) is 23.6. The van der Waals surface area contributed by atoms with Gasteiger partial charge in [0.2, 0.25) is 0 Å². The van der Waals surface area contributed by atoms with Crippen LogP contribution in [0.4, 0.5) is 16.2 Å². The number of anilines is 2. The van der Waals surface area contributed by atoms with Gasteiger partial charge in [0.25, 0.3) is 5.91 Å². The number of aryl methyl sites for hydroxylation is 2. The molecular formula is C25H29N3O6. The van der Waals surface area contributed by atoms with E-state index in [1.54, 1.807) is 30.1 Å². The van der Waals surface area contributed by atoms with Gasteiger partial charge in [-0.2, -0.15) is 0 Å². The molecule has 0 aromatic heterocycles. The quantitative estimate of drug-likeness (QED) is 0.630. The molecule has 2 aromatic carbocycles. The Morgan fingerprint density at radius 2 is 1.76 bits per heavy atom. The molecule has 0 unspecified atom stereocenters. The van der Waals surface area contributed by atoms with E-state index in [1.165, 1.54) is 0 Å². The van der Waals surface area contributed by atoms with Crippen molar-refractivity contribution in [2.45, 2.75) is 51.4 Å². The Morgan fingerprint density at radius 1 is 1.06 bits per heavy atom. The third kappa shape index (κ3) is 5.31. The Hall–Kier alpha value is -3.59.